The zero-order valence-corrected chi connectivity index (χ0v) is 15.0. The molecule has 138 valence electrons. The molecule has 27 heavy (non-hydrogen) atoms. The van der Waals surface area contributed by atoms with Crippen LogP contribution in [0.2, 0.25) is 0 Å². The van der Waals surface area contributed by atoms with E-state index in [2.05, 4.69) is 26.4 Å². The lowest BCUT2D eigenvalue weighted by atomic mass is 9.94. The molecule has 0 saturated carbocycles. The molecule has 0 spiro atoms. The first-order valence-electron chi connectivity index (χ1n) is 9.04. The first-order chi connectivity index (χ1) is 13.2. The summed E-state index contributed by atoms with van der Waals surface area (Å²) in [6.07, 6.45) is 3.48. The van der Waals surface area contributed by atoms with Crippen molar-refractivity contribution in [2.24, 2.45) is 0 Å². The van der Waals surface area contributed by atoms with Crippen LogP contribution in [0.15, 0.2) is 48.1 Å². The number of morpholine rings is 1. The van der Waals surface area contributed by atoms with Gasteiger partial charge in [-0.1, -0.05) is 18.2 Å². The van der Waals surface area contributed by atoms with Crippen LogP contribution in [0.1, 0.15) is 18.5 Å². The lowest BCUT2D eigenvalue weighted by Gasteiger charge is -2.33. The zero-order chi connectivity index (χ0) is 18.4. The summed E-state index contributed by atoms with van der Waals surface area (Å²) in [7, 11) is 0. The topological polar surface area (TPSA) is 88.1 Å². The fraction of sp³-hybridized carbons (Fsp3) is 0.316. The maximum Gasteiger partial charge on any atom is 0.254 e. The maximum absolute atomic E-state index is 13.4. The van der Waals surface area contributed by atoms with Crippen molar-refractivity contribution in [1.29, 1.82) is 0 Å². The molecule has 0 radical (unpaired) electrons. The first kappa shape index (κ1) is 16.1. The van der Waals surface area contributed by atoms with Crippen LogP contribution in [0.4, 0.5) is 5.95 Å². The van der Waals surface area contributed by atoms with Gasteiger partial charge in [0, 0.05) is 41.4 Å². The second kappa shape index (κ2) is 6.24. The molecule has 2 aliphatic rings. The van der Waals surface area contributed by atoms with Crippen molar-refractivity contribution >= 4 is 22.8 Å². The summed E-state index contributed by atoms with van der Waals surface area (Å²) >= 11 is 0. The minimum Gasteiger partial charge on any atom is -0.378 e. The van der Waals surface area contributed by atoms with Crippen LogP contribution in [0.3, 0.4) is 0 Å². The molecule has 3 aromatic rings. The summed E-state index contributed by atoms with van der Waals surface area (Å²) in [4.78, 5) is 22.9. The number of carbonyl (C=O) groups excluding carboxylic acids is 1. The summed E-state index contributed by atoms with van der Waals surface area (Å²) in [5.74, 6) is 0.654. The van der Waals surface area contributed by atoms with Gasteiger partial charge in [-0.3, -0.25) is 4.79 Å². The monoisotopic (exact) mass is 364 g/mol. The van der Waals surface area contributed by atoms with Gasteiger partial charge in [-0.05, 0) is 13.0 Å². The fourth-order valence-corrected chi connectivity index (χ4v) is 3.91. The van der Waals surface area contributed by atoms with Gasteiger partial charge in [0.25, 0.3) is 5.91 Å². The minimum atomic E-state index is -0.338. The Morgan fingerprint density at radius 2 is 2.07 bits per heavy atom. The minimum absolute atomic E-state index is 0.0136. The molecule has 1 unspecified atom stereocenters. The predicted octanol–water partition coefficient (Wildman–Crippen LogP) is 1.91. The van der Waals surface area contributed by atoms with Crippen molar-refractivity contribution in [2.45, 2.75) is 13.0 Å². The molecular weight excluding hydrogens is 344 g/mol. The number of benzene rings is 1. The zero-order valence-electron chi connectivity index (χ0n) is 15.0. The van der Waals surface area contributed by atoms with Crippen LogP contribution in [0.5, 0.6) is 0 Å². The van der Waals surface area contributed by atoms with Crippen molar-refractivity contribution in [1.82, 2.24) is 24.6 Å². The number of fused-ring (bicyclic) bond motifs is 2. The predicted molar refractivity (Wildman–Crippen MR) is 100 cm³/mol. The van der Waals surface area contributed by atoms with Gasteiger partial charge in [0.15, 0.2) is 0 Å². The molecule has 2 N–H and O–H groups in total. The Bertz CT molecular complexity index is 1040. The molecular formula is C19H20N6O2. The molecule has 8 nitrogen and oxygen atoms in total. The van der Waals surface area contributed by atoms with Gasteiger partial charge >= 0.3 is 0 Å². The molecule has 1 aromatic carbocycles. The van der Waals surface area contributed by atoms with Crippen molar-refractivity contribution in [2.75, 3.05) is 31.6 Å². The Hall–Kier alpha value is -3.13. The van der Waals surface area contributed by atoms with E-state index >= 15 is 0 Å². The highest BCUT2D eigenvalue weighted by Gasteiger charge is 2.36. The van der Waals surface area contributed by atoms with Crippen LogP contribution in [0, 0.1) is 0 Å². The van der Waals surface area contributed by atoms with Crippen molar-refractivity contribution in [3.63, 3.8) is 0 Å². The number of ether oxygens (including phenoxy) is 1. The summed E-state index contributed by atoms with van der Waals surface area (Å²) in [6.45, 7) is 4.25. The molecule has 2 aromatic heterocycles. The molecule has 5 rings (SSSR count). The number of nitrogens with one attached hydrogen (secondary N) is 2. The van der Waals surface area contributed by atoms with Gasteiger partial charge in [-0.15, -0.1) is 0 Å². The van der Waals surface area contributed by atoms with Crippen LogP contribution in [-0.2, 0) is 9.53 Å². The number of amides is 1. The van der Waals surface area contributed by atoms with Gasteiger partial charge in [0.2, 0.25) is 5.95 Å². The smallest absolute Gasteiger partial charge is 0.254 e. The van der Waals surface area contributed by atoms with Crippen LogP contribution in [0.25, 0.3) is 10.9 Å². The number of aromatic amines is 1. The average molecular weight is 364 g/mol. The SMILES string of the molecule is CC1=C(C(=O)N2CCOCC2)C(c2c[nH]c3ccccc23)n2ncnc2N1. The number of allylic oxidation sites excluding steroid dienone is 1. The summed E-state index contributed by atoms with van der Waals surface area (Å²) < 4.78 is 7.19. The number of anilines is 1. The molecule has 2 aliphatic heterocycles. The summed E-state index contributed by atoms with van der Waals surface area (Å²) in [6, 6.07) is 7.75. The van der Waals surface area contributed by atoms with E-state index in [0.717, 1.165) is 22.2 Å². The van der Waals surface area contributed by atoms with E-state index in [-0.39, 0.29) is 11.9 Å². The average Bonchev–Trinajstić information content (AvgIpc) is 3.34. The Morgan fingerprint density at radius 3 is 2.93 bits per heavy atom. The molecule has 1 amide bonds. The number of rotatable bonds is 2. The Kier molecular flexibility index (Phi) is 3.71. The maximum atomic E-state index is 13.4. The molecule has 0 aliphatic carbocycles. The Labute approximate surface area is 155 Å². The molecule has 8 heteroatoms. The molecule has 0 bridgehead atoms. The number of H-pyrrole nitrogens is 1. The van der Waals surface area contributed by atoms with Crippen molar-refractivity contribution in [3.05, 3.63) is 53.6 Å². The molecule has 1 fully saturated rings. The Balaban J connectivity index is 1.66. The van der Waals surface area contributed by atoms with E-state index < -0.39 is 0 Å². The van der Waals surface area contributed by atoms with E-state index in [4.69, 9.17) is 4.74 Å². The van der Waals surface area contributed by atoms with E-state index in [1.165, 1.54) is 6.33 Å². The third kappa shape index (κ3) is 2.52. The van der Waals surface area contributed by atoms with Crippen molar-refractivity contribution < 1.29 is 9.53 Å². The van der Waals surface area contributed by atoms with Crippen LogP contribution < -0.4 is 5.32 Å². The Morgan fingerprint density at radius 1 is 1.26 bits per heavy atom. The van der Waals surface area contributed by atoms with Gasteiger partial charge in [0.1, 0.15) is 12.4 Å². The van der Waals surface area contributed by atoms with E-state index in [1.54, 1.807) is 4.68 Å². The second-order valence-corrected chi connectivity index (χ2v) is 6.79. The van der Waals surface area contributed by atoms with Crippen LogP contribution in [-0.4, -0.2) is 56.9 Å². The third-order valence-corrected chi connectivity index (χ3v) is 5.24. The highest BCUT2D eigenvalue weighted by molar-refractivity contribution is 5.98. The lowest BCUT2D eigenvalue weighted by Crippen LogP contribution is -2.44. The number of hydrogen-bond donors (Lipinski definition) is 2. The standard InChI is InChI=1S/C19H20N6O2/c1-12-16(18(26)24-6-8-27-9-7-24)17(25-19(23-12)21-11-22-25)14-10-20-15-5-3-2-4-13(14)15/h2-5,10-11,17,20H,6-9H2,1H3,(H,21,22,23). The number of nitrogens with zero attached hydrogens (tertiary/aromatic N) is 4. The van der Waals surface area contributed by atoms with Gasteiger partial charge in [-0.2, -0.15) is 10.1 Å². The summed E-state index contributed by atoms with van der Waals surface area (Å²) in [5.41, 5.74) is 3.54. The number of aromatic nitrogens is 4. The van der Waals surface area contributed by atoms with E-state index in [0.29, 0.717) is 37.8 Å². The van der Waals surface area contributed by atoms with Crippen molar-refractivity contribution in [3.8, 4) is 0 Å². The van der Waals surface area contributed by atoms with Gasteiger partial charge < -0.3 is 19.9 Å². The number of hydrogen-bond acceptors (Lipinski definition) is 5. The van der Waals surface area contributed by atoms with Gasteiger partial charge in [-0.25, -0.2) is 4.68 Å². The van der Waals surface area contributed by atoms with E-state index in [1.807, 2.05) is 36.2 Å². The quantitative estimate of drug-likeness (QED) is 0.725. The number of para-hydroxylation sites is 1. The second-order valence-electron chi connectivity index (χ2n) is 6.79. The first-order valence-corrected chi connectivity index (χ1v) is 9.04. The molecule has 4 heterocycles. The number of carbonyl (C=O) groups is 1. The third-order valence-electron chi connectivity index (χ3n) is 5.24. The largest absolute Gasteiger partial charge is 0.378 e. The lowest BCUT2D eigenvalue weighted by molar-refractivity contribution is -0.131. The fourth-order valence-electron chi connectivity index (χ4n) is 3.91. The van der Waals surface area contributed by atoms with Gasteiger partial charge in [0.05, 0.1) is 18.8 Å². The van der Waals surface area contributed by atoms with Crippen LogP contribution >= 0.6 is 0 Å². The normalized spacial score (nSPS) is 19.9. The summed E-state index contributed by atoms with van der Waals surface area (Å²) in [5, 5.41) is 8.72. The highest BCUT2D eigenvalue weighted by Crippen LogP contribution is 2.38. The highest BCUT2D eigenvalue weighted by atomic mass is 16.5. The molecule has 1 atom stereocenters. The van der Waals surface area contributed by atoms with E-state index in [9.17, 15) is 4.79 Å². The molecule has 1 saturated heterocycles.